The fourth-order valence-corrected chi connectivity index (χ4v) is 7.08. The Balaban J connectivity index is 0.000000277. The average Bonchev–Trinajstić information content (AvgIpc) is 3.32. The molecule has 2 aliphatic rings. The summed E-state index contributed by atoms with van der Waals surface area (Å²) in [7, 11) is 0. The summed E-state index contributed by atoms with van der Waals surface area (Å²) in [6.45, 7) is 17.2. The minimum Gasteiger partial charge on any atom is -0.459 e. The first kappa shape index (κ1) is 33.1. The molecule has 0 radical (unpaired) electrons. The van der Waals surface area contributed by atoms with Crippen LogP contribution in [0.5, 0.6) is 0 Å². The number of carbonyl (C=O) groups excluding carboxylic acids is 3. The second kappa shape index (κ2) is 15.0. The van der Waals surface area contributed by atoms with Crippen LogP contribution in [0.2, 0.25) is 0 Å². The van der Waals surface area contributed by atoms with Gasteiger partial charge in [0.2, 0.25) is 0 Å². The van der Waals surface area contributed by atoms with Gasteiger partial charge in [-0.1, -0.05) is 30.0 Å². The number of nitrogens with zero attached hydrogens (tertiary/aromatic N) is 3. The van der Waals surface area contributed by atoms with E-state index in [1.165, 1.54) is 23.5 Å². The van der Waals surface area contributed by atoms with Crippen LogP contribution < -0.4 is 4.90 Å². The molecule has 0 saturated carbocycles. The lowest BCUT2D eigenvalue weighted by atomic mass is 10.1. The van der Waals surface area contributed by atoms with Crippen molar-refractivity contribution in [3.63, 3.8) is 0 Å². The fraction of sp³-hybridized carbons (Fsp3) is 0.571. The second-order valence-electron chi connectivity index (χ2n) is 10.6. The Labute approximate surface area is 245 Å². The number of ether oxygens (including phenoxy) is 2. The van der Waals surface area contributed by atoms with Gasteiger partial charge in [0, 0.05) is 23.2 Å². The van der Waals surface area contributed by atoms with Crippen LogP contribution in [0.15, 0.2) is 45.1 Å². The van der Waals surface area contributed by atoms with Gasteiger partial charge in [-0.05, 0) is 74.4 Å². The number of amides is 2. The fourth-order valence-electron chi connectivity index (χ4n) is 3.32. The Morgan fingerprint density at radius 2 is 1.38 bits per heavy atom. The summed E-state index contributed by atoms with van der Waals surface area (Å²) in [4.78, 5) is 45.0. The van der Waals surface area contributed by atoms with Crippen LogP contribution in [0.1, 0.15) is 62.3 Å². The third-order valence-corrected chi connectivity index (χ3v) is 8.48. The summed E-state index contributed by atoms with van der Waals surface area (Å²) in [5, 5.41) is 0.815. The SMILES string of the molecule is CC(C)N1C(=O)N(c2ccccc2)CSC1=NC(C)(C)C.CC(C)OC(=O)C(C(=O)OC(C)C)=C1SCCS1. The van der Waals surface area contributed by atoms with Gasteiger partial charge in [-0.3, -0.25) is 14.8 Å². The minimum absolute atomic E-state index is 0.00190. The van der Waals surface area contributed by atoms with E-state index >= 15 is 0 Å². The largest absolute Gasteiger partial charge is 0.459 e. The van der Waals surface area contributed by atoms with Gasteiger partial charge in [0.1, 0.15) is 0 Å². The van der Waals surface area contributed by atoms with E-state index in [2.05, 4.69) is 0 Å². The van der Waals surface area contributed by atoms with Crippen molar-refractivity contribution in [2.75, 3.05) is 22.3 Å². The van der Waals surface area contributed by atoms with Gasteiger partial charge < -0.3 is 9.47 Å². The molecule has 0 N–H and O–H groups in total. The van der Waals surface area contributed by atoms with Crippen LogP contribution in [0.3, 0.4) is 0 Å². The van der Waals surface area contributed by atoms with Crippen molar-refractivity contribution in [3.05, 3.63) is 40.1 Å². The van der Waals surface area contributed by atoms with Crippen molar-refractivity contribution in [3.8, 4) is 0 Å². The molecule has 0 unspecified atom stereocenters. The number of aliphatic imine (C=N–C) groups is 1. The standard InChI is InChI=1S/C16H23N3OS.C12H18O4S2/c1-12(2)19-14(17-16(3,4)5)21-11-18(15(19)20)13-9-7-6-8-10-13;1-7(2)15-10(13)9(11(14)16-8(3)4)12-17-5-6-18-12/h6-10,12H,11H2,1-5H3;7-8H,5-6H2,1-4H3. The van der Waals surface area contributed by atoms with Crippen LogP contribution in [0.25, 0.3) is 0 Å². The maximum Gasteiger partial charge on any atom is 0.347 e. The molecule has 2 amide bonds. The predicted molar refractivity (Wildman–Crippen MR) is 165 cm³/mol. The number of urea groups is 1. The van der Waals surface area contributed by atoms with Crippen molar-refractivity contribution in [1.29, 1.82) is 0 Å². The first-order chi connectivity index (χ1) is 18.2. The van der Waals surface area contributed by atoms with Crippen molar-refractivity contribution in [1.82, 2.24) is 4.90 Å². The lowest BCUT2D eigenvalue weighted by molar-refractivity contribution is -0.150. The van der Waals surface area contributed by atoms with Gasteiger partial charge in [-0.15, -0.1) is 23.5 Å². The quantitative estimate of drug-likeness (QED) is 0.154. The van der Waals surface area contributed by atoms with E-state index in [9.17, 15) is 14.4 Å². The summed E-state index contributed by atoms with van der Waals surface area (Å²) < 4.78 is 10.9. The molecule has 39 heavy (non-hydrogen) atoms. The van der Waals surface area contributed by atoms with Gasteiger partial charge in [-0.25, -0.2) is 14.4 Å². The normalized spacial score (nSPS) is 17.1. The zero-order valence-electron chi connectivity index (χ0n) is 24.3. The molecule has 2 fully saturated rings. The molecule has 8 nitrogen and oxygen atoms in total. The van der Waals surface area contributed by atoms with Gasteiger partial charge in [0.15, 0.2) is 10.7 Å². The molecular weight excluding hydrogens is 555 g/mol. The third kappa shape index (κ3) is 10.4. The number of amidine groups is 1. The number of esters is 2. The minimum atomic E-state index is -0.590. The molecule has 2 saturated heterocycles. The zero-order chi connectivity index (χ0) is 29.3. The summed E-state index contributed by atoms with van der Waals surface area (Å²) in [6, 6.07) is 9.86. The highest BCUT2D eigenvalue weighted by molar-refractivity contribution is 8.25. The topological polar surface area (TPSA) is 88.5 Å². The molecule has 2 heterocycles. The average molecular weight is 596 g/mol. The molecule has 11 heteroatoms. The summed E-state index contributed by atoms with van der Waals surface area (Å²) in [5.41, 5.74) is 0.783. The maximum atomic E-state index is 12.8. The highest BCUT2D eigenvalue weighted by atomic mass is 32.2. The van der Waals surface area contributed by atoms with E-state index in [1.54, 1.807) is 49.3 Å². The lowest BCUT2D eigenvalue weighted by Gasteiger charge is -2.38. The van der Waals surface area contributed by atoms with Gasteiger partial charge in [0.05, 0.1) is 27.9 Å². The lowest BCUT2D eigenvalue weighted by Crippen LogP contribution is -2.53. The van der Waals surface area contributed by atoms with Gasteiger partial charge >= 0.3 is 18.0 Å². The molecule has 0 aromatic heterocycles. The van der Waals surface area contributed by atoms with E-state index in [0.717, 1.165) is 22.4 Å². The molecule has 0 aliphatic carbocycles. The van der Waals surface area contributed by atoms with Crippen molar-refractivity contribution in [2.45, 2.75) is 86.1 Å². The van der Waals surface area contributed by atoms with E-state index in [0.29, 0.717) is 10.1 Å². The maximum absolute atomic E-state index is 12.8. The highest BCUT2D eigenvalue weighted by Gasteiger charge is 2.35. The molecule has 0 bridgehead atoms. The Bertz CT molecular complexity index is 1030. The Kier molecular flexibility index (Phi) is 12.8. The number of thioether (sulfide) groups is 3. The number of benzene rings is 1. The molecule has 3 rings (SSSR count). The molecule has 0 atom stereocenters. The van der Waals surface area contributed by atoms with Crippen LogP contribution >= 0.6 is 35.3 Å². The molecule has 2 aliphatic heterocycles. The first-order valence-electron chi connectivity index (χ1n) is 13.0. The molecule has 216 valence electrons. The molecule has 1 aromatic rings. The first-order valence-corrected chi connectivity index (χ1v) is 16.0. The van der Waals surface area contributed by atoms with Crippen molar-refractivity contribution >= 4 is 64.1 Å². The van der Waals surface area contributed by atoms with Crippen LogP contribution in [0.4, 0.5) is 10.5 Å². The number of anilines is 1. The van der Waals surface area contributed by atoms with E-state index in [-0.39, 0.29) is 35.4 Å². The predicted octanol–water partition coefficient (Wildman–Crippen LogP) is 6.76. The summed E-state index contributed by atoms with van der Waals surface area (Å²) >= 11 is 4.62. The Hall–Kier alpha value is -2.11. The van der Waals surface area contributed by atoms with Crippen molar-refractivity contribution in [2.24, 2.45) is 4.99 Å². The van der Waals surface area contributed by atoms with Gasteiger partial charge in [-0.2, -0.15) is 0 Å². The second-order valence-corrected chi connectivity index (χ2v) is 14.0. The Morgan fingerprint density at radius 1 is 0.872 bits per heavy atom. The number of carbonyl (C=O) groups is 3. The smallest absolute Gasteiger partial charge is 0.347 e. The van der Waals surface area contributed by atoms with Crippen LogP contribution in [0, 0.1) is 0 Å². The van der Waals surface area contributed by atoms with Crippen LogP contribution in [-0.4, -0.2) is 69.2 Å². The summed E-state index contributed by atoms with van der Waals surface area (Å²) in [5.74, 6) is 1.21. The molecule has 0 spiro atoms. The monoisotopic (exact) mass is 595 g/mol. The third-order valence-electron chi connectivity index (χ3n) is 4.83. The number of hydrogen-bond donors (Lipinski definition) is 0. The van der Waals surface area contributed by atoms with E-state index in [4.69, 9.17) is 14.5 Å². The highest BCUT2D eigenvalue weighted by Crippen LogP contribution is 2.39. The number of para-hydroxylation sites is 1. The van der Waals surface area contributed by atoms with E-state index < -0.39 is 11.9 Å². The Morgan fingerprint density at radius 3 is 1.82 bits per heavy atom. The van der Waals surface area contributed by atoms with E-state index in [1.807, 2.05) is 65.0 Å². The number of hydrogen-bond acceptors (Lipinski definition) is 9. The molecular formula is C28H41N3O5S3. The van der Waals surface area contributed by atoms with Gasteiger partial charge in [0.25, 0.3) is 0 Å². The van der Waals surface area contributed by atoms with Crippen LogP contribution in [-0.2, 0) is 19.1 Å². The summed E-state index contributed by atoms with van der Waals surface area (Å²) in [6.07, 6.45) is -0.507. The number of rotatable bonds is 6. The molecule has 1 aromatic carbocycles. The van der Waals surface area contributed by atoms with Crippen molar-refractivity contribution < 1.29 is 23.9 Å². The zero-order valence-corrected chi connectivity index (χ0v) is 26.8.